The first-order chi connectivity index (χ1) is 9.63. The maximum absolute atomic E-state index is 12.5. The van der Waals surface area contributed by atoms with Gasteiger partial charge in [0, 0.05) is 18.3 Å². The Morgan fingerprint density at radius 3 is 2.30 bits per heavy atom. The molecule has 3 heteroatoms. The summed E-state index contributed by atoms with van der Waals surface area (Å²) in [7, 11) is 0. The lowest BCUT2D eigenvalue weighted by Gasteiger charge is -2.33. The molecule has 1 amide bonds. The third-order valence-corrected chi connectivity index (χ3v) is 4.86. The average molecular weight is 293 g/mol. The minimum Gasteiger partial charge on any atom is -0.331 e. The van der Waals surface area contributed by atoms with Crippen LogP contribution < -0.4 is 0 Å². The number of hydrogen-bond acceptors (Lipinski definition) is 2. The van der Waals surface area contributed by atoms with Gasteiger partial charge in [0.15, 0.2) is 0 Å². The maximum atomic E-state index is 12.5. The summed E-state index contributed by atoms with van der Waals surface area (Å²) in [6, 6.07) is 10.5. The number of rotatable bonds is 7. The molecule has 0 spiro atoms. The number of hydrogen-bond donors (Lipinski definition) is 0. The van der Waals surface area contributed by atoms with Gasteiger partial charge < -0.3 is 4.90 Å². The van der Waals surface area contributed by atoms with Crippen molar-refractivity contribution in [2.24, 2.45) is 5.92 Å². The molecule has 0 aliphatic carbocycles. The van der Waals surface area contributed by atoms with E-state index in [1.165, 1.54) is 17.3 Å². The predicted octanol–water partition coefficient (Wildman–Crippen LogP) is 5.19. The molecular formula is C17H27NOS. The molecule has 0 radical (unpaired) electrons. The molecule has 0 heterocycles. The number of thioether (sulfide) groups is 1. The van der Waals surface area contributed by atoms with Gasteiger partial charge in [-0.1, -0.05) is 69.3 Å². The van der Waals surface area contributed by atoms with E-state index in [9.17, 15) is 4.79 Å². The first-order valence-electron chi connectivity index (χ1n) is 7.61. The Hall–Kier alpha value is -0.960. The van der Waals surface area contributed by atoms with Crippen LogP contribution in [-0.2, 0) is 5.75 Å². The van der Waals surface area contributed by atoms with Gasteiger partial charge in [0.2, 0.25) is 0 Å². The highest BCUT2D eigenvalue weighted by Gasteiger charge is 2.25. The molecule has 1 rings (SSSR count). The summed E-state index contributed by atoms with van der Waals surface area (Å²) in [5.41, 5.74) is 1.21. The highest BCUT2D eigenvalue weighted by Crippen LogP contribution is 2.23. The van der Waals surface area contributed by atoms with E-state index in [-0.39, 0.29) is 5.24 Å². The van der Waals surface area contributed by atoms with Gasteiger partial charge in [-0.3, -0.25) is 4.79 Å². The third-order valence-electron chi connectivity index (χ3n) is 3.90. The van der Waals surface area contributed by atoms with Crippen molar-refractivity contribution >= 4 is 17.0 Å². The topological polar surface area (TPSA) is 20.3 Å². The summed E-state index contributed by atoms with van der Waals surface area (Å²) >= 11 is 1.42. The second-order valence-electron chi connectivity index (χ2n) is 5.19. The summed E-state index contributed by atoms with van der Waals surface area (Å²) < 4.78 is 0. The first kappa shape index (κ1) is 17.1. The molecule has 1 aromatic rings. The molecule has 0 aliphatic rings. The molecule has 0 N–H and O–H groups in total. The summed E-state index contributed by atoms with van der Waals surface area (Å²) in [4.78, 5) is 14.5. The Bertz CT molecular complexity index is 393. The van der Waals surface area contributed by atoms with Crippen LogP contribution in [0.2, 0.25) is 0 Å². The highest BCUT2D eigenvalue weighted by atomic mass is 32.2. The lowest BCUT2D eigenvalue weighted by molar-refractivity contribution is 0.172. The molecule has 20 heavy (non-hydrogen) atoms. The van der Waals surface area contributed by atoms with Crippen molar-refractivity contribution in [2.45, 2.75) is 52.3 Å². The Balaban J connectivity index is 2.62. The standard InChI is InChI=1S/C17H27NOS/c1-5-14(4)16(6-2)18(7-3)17(19)20-13-15-11-9-8-10-12-15/h8-12,14,16H,5-7,13H2,1-4H3. The van der Waals surface area contributed by atoms with Gasteiger partial charge in [-0.2, -0.15) is 0 Å². The van der Waals surface area contributed by atoms with Crippen molar-refractivity contribution in [3.63, 3.8) is 0 Å². The fraction of sp³-hybridized carbons (Fsp3) is 0.588. The molecule has 0 aromatic heterocycles. The average Bonchev–Trinajstić information content (AvgIpc) is 2.50. The monoisotopic (exact) mass is 293 g/mol. The Morgan fingerprint density at radius 1 is 1.15 bits per heavy atom. The maximum Gasteiger partial charge on any atom is 0.282 e. The number of benzene rings is 1. The van der Waals surface area contributed by atoms with Gasteiger partial charge in [-0.05, 0) is 24.8 Å². The van der Waals surface area contributed by atoms with Crippen LogP contribution in [0.5, 0.6) is 0 Å². The summed E-state index contributed by atoms with van der Waals surface area (Å²) in [6.45, 7) is 9.48. The molecule has 2 nitrogen and oxygen atoms in total. The van der Waals surface area contributed by atoms with Gasteiger partial charge in [0.1, 0.15) is 0 Å². The van der Waals surface area contributed by atoms with Gasteiger partial charge in [-0.15, -0.1) is 0 Å². The zero-order valence-electron chi connectivity index (χ0n) is 13.1. The second-order valence-corrected chi connectivity index (χ2v) is 6.11. The highest BCUT2D eigenvalue weighted by molar-refractivity contribution is 8.12. The minimum atomic E-state index is 0.212. The summed E-state index contributed by atoms with van der Waals surface area (Å²) in [5, 5.41) is 0.212. The molecule has 0 saturated carbocycles. The smallest absolute Gasteiger partial charge is 0.282 e. The third kappa shape index (κ3) is 4.86. The van der Waals surface area contributed by atoms with Crippen LogP contribution in [0.1, 0.15) is 46.1 Å². The van der Waals surface area contributed by atoms with Crippen LogP contribution in [-0.4, -0.2) is 22.7 Å². The number of nitrogens with zero attached hydrogens (tertiary/aromatic N) is 1. The summed E-state index contributed by atoms with van der Waals surface area (Å²) in [6.07, 6.45) is 2.14. The van der Waals surface area contributed by atoms with E-state index in [0.29, 0.717) is 12.0 Å². The van der Waals surface area contributed by atoms with Gasteiger partial charge in [0.25, 0.3) is 5.24 Å². The molecule has 0 bridgehead atoms. The normalized spacial score (nSPS) is 13.8. The molecule has 1 aromatic carbocycles. The van der Waals surface area contributed by atoms with Crippen LogP contribution in [0, 0.1) is 5.92 Å². The van der Waals surface area contributed by atoms with Crippen LogP contribution in [0.4, 0.5) is 4.79 Å². The predicted molar refractivity (Wildman–Crippen MR) is 89.0 cm³/mol. The Morgan fingerprint density at radius 2 is 1.80 bits per heavy atom. The largest absolute Gasteiger partial charge is 0.331 e. The van der Waals surface area contributed by atoms with E-state index in [1.807, 2.05) is 23.1 Å². The number of amides is 1. The SMILES string of the molecule is CCC(C)C(CC)N(CC)C(=O)SCc1ccccc1. The molecule has 0 fully saturated rings. The van der Waals surface area contributed by atoms with Crippen LogP contribution >= 0.6 is 11.8 Å². The Labute approximate surface area is 127 Å². The van der Waals surface area contributed by atoms with Crippen molar-refractivity contribution in [2.75, 3.05) is 6.54 Å². The van der Waals surface area contributed by atoms with Gasteiger partial charge >= 0.3 is 0 Å². The zero-order valence-corrected chi connectivity index (χ0v) is 14.0. The van der Waals surface area contributed by atoms with Crippen molar-refractivity contribution in [1.29, 1.82) is 0 Å². The minimum absolute atomic E-state index is 0.212. The van der Waals surface area contributed by atoms with Gasteiger partial charge in [-0.25, -0.2) is 0 Å². The molecule has 2 atom stereocenters. The number of carbonyl (C=O) groups is 1. The molecular weight excluding hydrogens is 266 g/mol. The van der Waals surface area contributed by atoms with E-state index < -0.39 is 0 Å². The van der Waals surface area contributed by atoms with E-state index in [2.05, 4.69) is 39.8 Å². The lowest BCUT2D eigenvalue weighted by Crippen LogP contribution is -2.41. The van der Waals surface area contributed by atoms with E-state index in [1.54, 1.807) is 0 Å². The number of carbonyl (C=O) groups excluding carboxylic acids is 1. The first-order valence-corrected chi connectivity index (χ1v) is 8.59. The molecule has 0 aliphatic heterocycles. The zero-order chi connectivity index (χ0) is 15.0. The van der Waals surface area contributed by atoms with E-state index in [4.69, 9.17) is 0 Å². The van der Waals surface area contributed by atoms with Crippen molar-refractivity contribution in [3.05, 3.63) is 35.9 Å². The van der Waals surface area contributed by atoms with E-state index in [0.717, 1.165) is 25.1 Å². The van der Waals surface area contributed by atoms with Crippen molar-refractivity contribution < 1.29 is 4.79 Å². The van der Waals surface area contributed by atoms with Crippen LogP contribution in [0.15, 0.2) is 30.3 Å². The summed E-state index contributed by atoms with van der Waals surface area (Å²) in [5.74, 6) is 1.31. The lowest BCUT2D eigenvalue weighted by atomic mass is 9.96. The molecule has 112 valence electrons. The van der Waals surface area contributed by atoms with Gasteiger partial charge in [0.05, 0.1) is 0 Å². The fourth-order valence-corrected chi connectivity index (χ4v) is 3.42. The second kappa shape index (κ2) is 9.06. The molecule has 0 saturated heterocycles. The van der Waals surface area contributed by atoms with E-state index >= 15 is 0 Å². The Kier molecular flexibility index (Phi) is 7.75. The fourth-order valence-electron chi connectivity index (χ4n) is 2.50. The van der Waals surface area contributed by atoms with Crippen molar-refractivity contribution in [3.8, 4) is 0 Å². The van der Waals surface area contributed by atoms with Crippen molar-refractivity contribution in [1.82, 2.24) is 4.90 Å². The van der Waals surface area contributed by atoms with Crippen LogP contribution in [0.25, 0.3) is 0 Å². The molecule has 2 unspecified atom stereocenters. The van der Waals surface area contributed by atoms with Crippen LogP contribution in [0.3, 0.4) is 0 Å². The quantitative estimate of drug-likeness (QED) is 0.690.